The molecule has 0 amide bonds. The molecule has 2 heterocycles. The highest BCUT2D eigenvalue weighted by Gasteiger charge is 2.18. The van der Waals surface area contributed by atoms with Gasteiger partial charge in [0.05, 0.1) is 12.5 Å². The molecule has 2 rings (SSSR count). The van der Waals surface area contributed by atoms with Crippen LogP contribution in [0.2, 0.25) is 0 Å². The normalized spacial score (nSPS) is 13.6. The van der Waals surface area contributed by atoms with Crippen molar-refractivity contribution >= 4 is 11.9 Å². The maximum atomic E-state index is 11.8. The SMILES string of the molecule is CCC(OC(=O)/C=C/C(=O)OC(CC)c1ccco1)c1ccco1. The zero-order valence-electron chi connectivity index (χ0n) is 13.6. The van der Waals surface area contributed by atoms with Gasteiger partial charge in [-0.05, 0) is 37.1 Å². The molecule has 0 radical (unpaired) electrons. The van der Waals surface area contributed by atoms with E-state index in [0.717, 1.165) is 12.2 Å². The Labute approximate surface area is 140 Å². The van der Waals surface area contributed by atoms with Crippen LogP contribution in [0.1, 0.15) is 50.4 Å². The second-order valence-corrected chi connectivity index (χ2v) is 5.03. The highest BCUT2D eigenvalue weighted by atomic mass is 16.6. The molecule has 2 unspecified atom stereocenters. The molecule has 0 N–H and O–H groups in total. The molecule has 0 spiro atoms. The molecular formula is C18H20O6. The molecule has 24 heavy (non-hydrogen) atoms. The van der Waals surface area contributed by atoms with Crippen LogP contribution < -0.4 is 0 Å². The van der Waals surface area contributed by atoms with Gasteiger partial charge < -0.3 is 18.3 Å². The number of carbonyl (C=O) groups excluding carboxylic acids is 2. The first-order valence-corrected chi connectivity index (χ1v) is 7.80. The number of rotatable bonds is 8. The van der Waals surface area contributed by atoms with Crippen LogP contribution in [0.5, 0.6) is 0 Å². The summed E-state index contributed by atoms with van der Waals surface area (Å²) in [6, 6.07) is 6.90. The molecule has 6 heteroatoms. The third-order valence-electron chi connectivity index (χ3n) is 3.33. The molecule has 128 valence electrons. The minimum absolute atomic E-state index is 0.486. The van der Waals surface area contributed by atoms with Crippen LogP contribution in [0.3, 0.4) is 0 Å². The second kappa shape index (κ2) is 8.76. The predicted molar refractivity (Wildman–Crippen MR) is 84.8 cm³/mol. The zero-order valence-corrected chi connectivity index (χ0v) is 13.6. The summed E-state index contributed by atoms with van der Waals surface area (Å²) in [5.74, 6) is -0.154. The van der Waals surface area contributed by atoms with E-state index in [9.17, 15) is 9.59 Å². The number of ether oxygens (including phenoxy) is 2. The standard InChI is InChI=1S/C18H20O6/c1-3-13(15-7-5-11-21-15)23-17(19)9-10-18(20)24-14(4-2)16-8-6-12-22-16/h5-14H,3-4H2,1-2H3/b10-9+. The minimum Gasteiger partial charge on any atom is -0.465 e. The molecule has 0 aliphatic rings. The highest BCUT2D eigenvalue weighted by molar-refractivity contribution is 5.91. The van der Waals surface area contributed by atoms with Crippen molar-refractivity contribution in [2.75, 3.05) is 0 Å². The summed E-state index contributed by atoms with van der Waals surface area (Å²) in [5, 5.41) is 0. The fraction of sp³-hybridized carbons (Fsp3) is 0.333. The number of hydrogen-bond donors (Lipinski definition) is 0. The van der Waals surface area contributed by atoms with Gasteiger partial charge in [0.15, 0.2) is 12.2 Å². The van der Waals surface area contributed by atoms with Gasteiger partial charge in [-0.2, -0.15) is 0 Å². The topological polar surface area (TPSA) is 78.9 Å². The molecule has 2 atom stereocenters. The molecule has 2 aromatic rings. The third-order valence-corrected chi connectivity index (χ3v) is 3.33. The Balaban J connectivity index is 1.87. The van der Waals surface area contributed by atoms with Crippen LogP contribution in [0.4, 0.5) is 0 Å². The molecule has 0 aliphatic heterocycles. The van der Waals surface area contributed by atoms with E-state index < -0.39 is 24.1 Å². The monoisotopic (exact) mass is 332 g/mol. The van der Waals surface area contributed by atoms with E-state index >= 15 is 0 Å². The van der Waals surface area contributed by atoms with Crippen molar-refractivity contribution in [2.45, 2.75) is 38.9 Å². The van der Waals surface area contributed by atoms with Crippen LogP contribution in [-0.2, 0) is 19.1 Å². The summed E-state index contributed by atoms with van der Waals surface area (Å²) in [5.41, 5.74) is 0. The lowest BCUT2D eigenvalue weighted by Gasteiger charge is -2.13. The fourth-order valence-corrected chi connectivity index (χ4v) is 2.13. The van der Waals surface area contributed by atoms with E-state index in [1.807, 2.05) is 13.8 Å². The van der Waals surface area contributed by atoms with E-state index in [4.69, 9.17) is 18.3 Å². The van der Waals surface area contributed by atoms with Crippen molar-refractivity contribution in [2.24, 2.45) is 0 Å². The van der Waals surface area contributed by atoms with Crippen LogP contribution in [0.25, 0.3) is 0 Å². The third kappa shape index (κ3) is 4.87. The van der Waals surface area contributed by atoms with E-state index in [1.165, 1.54) is 12.5 Å². The molecule has 0 saturated carbocycles. The second-order valence-electron chi connectivity index (χ2n) is 5.03. The van der Waals surface area contributed by atoms with E-state index in [1.54, 1.807) is 24.3 Å². The van der Waals surface area contributed by atoms with E-state index in [2.05, 4.69) is 0 Å². The van der Waals surface area contributed by atoms with Crippen molar-refractivity contribution in [3.63, 3.8) is 0 Å². The lowest BCUT2D eigenvalue weighted by Crippen LogP contribution is -2.10. The first kappa shape index (κ1) is 17.6. The highest BCUT2D eigenvalue weighted by Crippen LogP contribution is 2.22. The Kier molecular flexibility index (Phi) is 6.42. The Bertz CT molecular complexity index is 596. The summed E-state index contributed by atoms with van der Waals surface area (Å²) in [4.78, 5) is 23.6. The van der Waals surface area contributed by atoms with Crippen molar-refractivity contribution < 1.29 is 27.9 Å². The summed E-state index contributed by atoms with van der Waals surface area (Å²) in [6.45, 7) is 3.74. The van der Waals surface area contributed by atoms with Gasteiger partial charge >= 0.3 is 11.9 Å². The van der Waals surface area contributed by atoms with Gasteiger partial charge in [-0.1, -0.05) is 13.8 Å². The van der Waals surface area contributed by atoms with Gasteiger partial charge in [-0.3, -0.25) is 0 Å². The lowest BCUT2D eigenvalue weighted by atomic mass is 10.2. The van der Waals surface area contributed by atoms with Crippen LogP contribution in [0.15, 0.2) is 57.8 Å². The quantitative estimate of drug-likeness (QED) is 0.534. The number of hydrogen-bond acceptors (Lipinski definition) is 6. The molecule has 6 nitrogen and oxygen atoms in total. The summed E-state index contributed by atoms with van der Waals surface area (Å²) >= 11 is 0. The molecule has 0 fully saturated rings. The van der Waals surface area contributed by atoms with Gasteiger partial charge in [-0.25, -0.2) is 9.59 Å². The van der Waals surface area contributed by atoms with E-state index in [0.29, 0.717) is 24.4 Å². The van der Waals surface area contributed by atoms with Crippen molar-refractivity contribution in [3.05, 3.63) is 60.5 Å². The van der Waals surface area contributed by atoms with Crippen LogP contribution in [0, 0.1) is 0 Å². The van der Waals surface area contributed by atoms with Gasteiger partial charge in [0.25, 0.3) is 0 Å². The summed E-state index contributed by atoms with van der Waals surface area (Å²) in [7, 11) is 0. The first-order valence-electron chi connectivity index (χ1n) is 7.80. The smallest absolute Gasteiger partial charge is 0.331 e. The van der Waals surface area contributed by atoms with Crippen molar-refractivity contribution in [3.8, 4) is 0 Å². The van der Waals surface area contributed by atoms with Crippen molar-refractivity contribution in [1.29, 1.82) is 0 Å². The predicted octanol–water partition coefficient (Wildman–Crippen LogP) is 4.12. The number of esters is 2. The maximum absolute atomic E-state index is 11.8. The molecule has 0 aromatic carbocycles. The molecule has 0 aliphatic carbocycles. The minimum atomic E-state index is -0.638. The Morgan fingerprint density at radius 1 is 0.917 bits per heavy atom. The first-order chi connectivity index (χ1) is 11.6. The number of furan rings is 2. The van der Waals surface area contributed by atoms with Gasteiger partial charge in [0.2, 0.25) is 0 Å². The molecule has 2 aromatic heterocycles. The van der Waals surface area contributed by atoms with E-state index in [-0.39, 0.29) is 0 Å². The summed E-state index contributed by atoms with van der Waals surface area (Å²) in [6.07, 6.45) is 5.27. The van der Waals surface area contributed by atoms with Crippen LogP contribution in [-0.4, -0.2) is 11.9 Å². The average molecular weight is 332 g/mol. The fourth-order valence-electron chi connectivity index (χ4n) is 2.13. The van der Waals surface area contributed by atoms with Crippen molar-refractivity contribution in [1.82, 2.24) is 0 Å². The number of carbonyl (C=O) groups is 2. The van der Waals surface area contributed by atoms with Gasteiger partial charge in [-0.15, -0.1) is 0 Å². The maximum Gasteiger partial charge on any atom is 0.331 e. The Hall–Kier alpha value is -2.76. The zero-order chi connectivity index (χ0) is 17.4. The molecule has 0 saturated heterocycles. The Morgan fingerprint density at radius 2 is 1.33 bits per heavy atom. The largest absolute Gasteiger partial charge is 0.465 e. The molecule has 0 bridgehead atoms. The van der Waals surface area contributed by atoms with Gasteiger partial charge in [0.1, 0.15) is 11.5 Å². The molecular weight excluding hydrogens is 312 g/mol. The Morgan fingerprint density at radius 3 is 1.62 bits per heavy atom. The van der Waals surface area contributed by atoms with Gasteiger partial charge in [0, 0.05) is 12.2 Å². The van der Waals surface area contributed by atoms with Crippen LogP contribution >= 0.6 is 0 Å². The lowest BCUT2D eigenvalue weighted by molar-refractivity contribution is -0.147. The average Bonchev–Trinajstić information content (AvgIpc) is 3.29. The summed E-state index contributed by atoms with van der Waals surface area (Å²) < 4.78 is 20.9.